The average Bonchev–Trinajstić information content (AvgIpc) is 2.43. The topological polar surface area (TPSA) is 75.6 Å². The van der Waals surface area contributed by atoms with Crippen LogP contribution in [-0.4, -0.2) is 36.7 Å². The Kier molecular flexibility index (Phi) is 5.25. The van der Waals surface area contributed by atoms with Crippen molar-refractivity contribution in [1.29, 1.82) is 0 Å². The van der Waals surface area contributed by atoms with E-state index in [1.54, 1.807) is 0 Å². The number of carboxylic acids is 1. The van der Waals surface area contributed by atoms with Gasteiger partial charge in [-0.1, -0.05) is 19.3 Å². The summed E-state index contributed by atoms with van der Waals surface area (Å²) in [6.07, 6.45) is 4.33. The summed E-state index contributed by atoms with van der Waals surface area (Å²) in [5, 5.41) is 11.8. The van der Waals surface area contributed by atoms with Crippen molar-refractivity contribution in [2.24, 2.45) is 5.92 Å². The summed E-state index contributed by atoms with van der Waals surface area (Å²) in [5.74, 6) is -1.51. The van der Waals surface area contributed by atoms with Crippen LogP contribution in [0.2, 0.25) is 0 Å². The van der Waals surface area contributed by atoms with Crippen LogP contribution >= 0.6 is 0 Å². The van der Waals surface area contributed by atoms with Gasteiger partial charge in [-0.3, -0.25) is 9.59 Å². The lowest BCUT2D eigenvalue weighted by atomic mass is 9.95. The van der Waals surface area contributed by atoms with Gasteiger partial charge in [-0.2, -0.15) is 0 Å². The summed E-state index contributed by atoms with van der Waals surface area (Å²) in [7, 11) is 1.45. The Hall–Kier alpha value is -1.10. The lowest BCUT2D eigenvalue weighted by Crippen LogP contribution is -2.44. The maximum Gasteiger partial charge on any atom is 0.308 e. The first kappa shape index (κ1) is 13.0. The molecule has 0 heterocycles. The maximum atomic E-state index is 11.4. The largest absolute Gasteiger partial charge is 0.481 e. The minimum atomic E-state index is -0.815. The van der Waals surface area contributed by atoms with Gasteiger partial charge in [-0.05, 0) is 12.8 Å². The fourth-order valence-electron chi connectivity index (χ4n) is 2.16. The van der Waals surface area contributed by atoms with Crippen LogP contribution in [0.1, 0.15) is 32.1 Å². The van der Waals surface area contributed by atoms with E-state index < -0.39 is 11.9 Å². The van der Waals surface area contributed by atoms with E-state index in [1.807, 2.05) is 0 Å². The molecular formula is C11H19NO4. The normalized spacial score (nSPS) is 25.8. The van der Waals surface area contributed by atoms with Crippen LogP contribution in [0.4, 0.5) is 0 Å². The number of nitrogens with one attached hydrogen (secondary N) is 1. The molecular weight excluding hydrogens is 210 g/mol. The second kappa shape index (κ2) is 6.48. The molecule has 0 aromatic carbocycles. The van der Waals surface area contributed by atoms with Crippen molar-refractivity contribution in [1.82, 2.24) is 5.32 Å². The number of ether oxygens (including phenoxy) is 1. The van der Waals surface area contributed by atoms with Crippen molar-refractivity contribution < 1.29 is 19.4 Å². The SMILES string of the molecule is COCC(=O)N[C@H]1CCCCC[C@H]1C(=O)O. The van der Waals surface area contributed by atoms with Crippen LogP contribution < -0.4 is 5.32 Å². The summed E-state index contributed by atoms with van der Waals surface area (Å²) in [6.45, 7) is -0.0111. The first-order valence-corrected chi connectivity index (χ1v) is 5.66. The zero-order valence-electron chi connectivity index (χ0n) is 9.57. The van der Waals surface area contributed by atoms with Gasteiger partial charge in [-0.25, -0.2) is 0 Å². The number of rotatable bonds is 4. The predicted octanol–water partition coefficient (Wildman–Crippen LogP) is 0.782. The van der Waals surface area contributed by atoms with E-state index in [9.17, 15) is 9.59 Å². The summed E-state index contributed by atoms with van der Waals surface area (Å²) >= 11 is 0. The van der Waals surface area contributed by atoms with E-state index in [2.05, 4.69) is 5.32 Å². The predicted molar refractivity (Wildman–Crippen MR) is 58.0 cm³/mol. The van der Waals surface area contributed by atoms with E-state index in [4.69, 9.17) is 9.84 Å². The molecule has 5 nitrogen and oxygen atoms in total. The monoisotopic (exact) mass is 229 g/mol. The van der Waals surface area contributed by atoms with Gasteiger partial charge < -0.3 is 15.2 Å². The molecule has 0 saturated heterocycles. The number of carbonyl (C=O) groups excluding carboxylic acids is 1. The van der Waals surface area contributed by atoms with Gasteiger partial charge in [0.2, 0.25) is 5.91 Å². The summed E-state index contributed by atoms with van der Waals surface area (Å²) < 4.78 is 4.71. The van der Waals surface area contributed by atoms with E-state index in [0.29, 0.717) is 6.42 Å². The van der Waals surface area contributed by atoms with Gasteiger partial charge in [-0.15, -0.1) is 0 Å². The number of aliphatic carboxylic acids is 1. The number of carbonyl (C=O) groups is 2. The molecule has 0 aromatic rings. The molecule has 0 radical (unpaired) electrons. The second-order valence-electron chi connectivity index (χ2n) is 4.19. The highest BCUT2D eigenvalue weighted by atomic mass is 16.5. The highest BCUT2D eigenvalue weighted by Crippen LogP contribution is 2.23. The molecule has 92 valence electrons. The van der Waals surface area contributed by atoms with Crippen molar-refractivity contribution in [2.45, 2.75) is 38.1 Å². The van der Waals surface area contributed by atoms with Gasteiger partial charge in [0.1, 0.15) is 6.61 Å². The molecule has 0 aromatic heterocycles. The molecule has 1 fully saturated rings. The van der Waals surface area contributed by atoms with Crippen molar-refractivity contribution in [3.05, 3.63) is 0 Å². The molecule has 1 aliphatic rings. The quantitative estimate of drug-likeness (QED) is 0.699. The Bertz CT molecular complexity index is 254. The molecule has 0 aliphatic heterocycles. The average molecular weight is 229 g/mol. The first-order valence-electron chi connectivity index (χ1n) is 5.66. The Morgan fingerprint density at radius 3 is 2.62 bits per heavy atom. The molecule has 2 atom stereocenters. The zero-order chi connectivity index (χ0) is 12.0. The molecule has 1 saturated carbocycles. The van der Waals surface area contributed by atoms with E-state index in [-0.39, 0.29) is 18.6 Å². The van der Waals surface area contributed by atoms with Crippen LogP contribution in [0.15, 0.2) is 0 Å². The summed E-state index contributed by atoms with van der Waals surface area (Å²) in [4.78, 5) is 22.4. The number of carboxylic acid groups (broad SMARTS) is 1. The molecule has 16 heavy (non-hydrogen) atoms. The highest BCUT2D eigenvalue weighted by molar-refractivity contribution is 5.79. The fourth-order valence-corrected chi connectivity index (χ4v) is 2.16. The van der Waals surface area contributed by atoms with Gasteiger partial charge in [0.15, 0.2) is 0 Å². The van der Waals surface area contributed by atoms with Gasteiger partial charge in [0, 0.05) is 13.2 Å². The van der Waals surface area contributed by atoms with Gasteiger partial charge >= 0.3 is 5.97 Å². The third-order valence-electron chi connectivity index (χ3n) is 2.95. The molecule has 0 bridgehead atoms. The fraction of sp³-hybridized carbons (Fsp3) is 0.818. The lowest BCUT2D eigenvalue weighted by Gasteiger charge is -2.22. The molecule has 1 rings (SSSR count). The van der Waals surface area contributed by atoms with Gasteiger partial charge in [0.05, 0.1) is 5.92 Å². The standard InChI is InChI=1S/C11H19NO4/c1-16-7-10(13)12-9-6-4-2-3-5-8(9)11(14)15/h8-9H,2-7H2,1H3,(H,12,13)(H,14,15)/t8-,9+/m1/s1. The van der Waals surface area contributed by atoms with Crippen LogP contribution in [0, 0.1) is 5.92 Å². The smallest absolute Gasteiger partial charge is 0.308 e. The molecule has 1 aliphatic carbocycles. The van der Waals surface area contributed by atoms with E-state index in [1.165, 1.54) is 7.11 Å². The Morgan fingerprint density at radius 1 is 1.31 bits per heavy atom. The molecule has 0 unspecified atom stereocenters. The number of hydrogen-bond donors (Lipinski definition) is 2. The minimum Gasteiger partial charge on any atom is -0.481 e. The van der Waals surface area contributed by atoms with Crippen molar-refractivity contribution in [3.63, 3.8) is 0 Å². The molecule has 5 heteroatoms. The van der Waals surface area contributed by atoms with Crippen molar-refractivity contribution in [2.75, 3.05) is 13.7 Å². The van der Waals surface area contributed by atoms with Crippen LogP contribution in [0.3, 0.4) is 0 Å². The van der Waals surface area contributed by atoms with Gasteiger partial charge in [0.25, 0.3) is 0 Å². The third-order valence-corrected chi connectivity index (χ3v) is 2.95. The van der Waals surface area contributed by atoms with Crippen LogP contribution in [-0.2, 0) is 14.3 Å². The number of amides is 1. The third kappa shape index (κ3) is 3.81. The Balaban J connectivity index is 2.57. The van der Waals surface area contributed by atoms with Crippen LogP contribution in [0.5, 0.6) is 0 Å². The number of hydrogen-bond acceptors (Lipinski definition) is 3. The zero-order valence-corrected chi connectivity index (χ0v) is 9.57. The Morgan fingerprint density at radius 2 is 2.00 bits per heavy atom. The number of methoxy groups -OCH3 is 1. The molecule has 1 amide bonds. The highest BCUT2D eigenvalue weighted by Gasteiger charge is 2.30. The Labute approximate surface area is 95.2 Å². The summed E-state index contributed by atoms with van der Waals surface area (Å²) in [5.41, 5.74) is 0. The molecule has 2 N–H and O–H groups in total. The van der Waals surface area contributed by atoms with Crippen molar-refractivity contribution >= 4 is 11.9 Å². The van der Waals surface area contributed by atoms with E-state index in [0.717, 1.165) is 25.7 Å². The lowest BCUT2D eigenvalue weighted by molar-refractivity contribution is -0.143. The summed E-state index contributed by atoms with van der Waals surface area (Å²) in [6, 6.07) is -0.248. The minimum absolute atomic E-state index is 0.0111. The van der Waals surface area contributed by atoms with E-state index >= 15 is 0 Å². The first-order chi connectivity index (χ1) is 7.65. The second-order valence-corrected chi connectivity index (χ2v) is 4.19. The maximum absolute atomic E-state index is 11.4. The van der Waals surface area contributed by atoms with Crippen molar-refractivity contribution in [3.8, 4) is 0 Å². The van der Waals surface area contributed by atoms with Crippen LogP contribution in [0.25, 0.3) is 0 Å². The molecule has 0 spiro atoms.